The van der Waals surface area contributed by atoms with E-state index >= 15 is 0 Å². The highest BCUT2D eigenvalue weighted by molar-refractivity contribution is 6.30. The van der Waals surface area contributed by atoms with E-state index in [0.717, 1.165) is 26.2 Å². The highest BCUT2D eigenvalue weighted by Gasteiger charge is 2.15. The molecule has 2 rings (SSSR count). The number of hydrogen-bond acceptors (Lipinski definition) is 4. The molecule has 0 radical (unpaired) electrons. The molecule has 0 bridgehead atoms. The van der Waals surface area contributed by atoms with Gasteiger partial charge in [0.1, 0.15) is 0 Å². The van der Waals surface area contributed by atoms with Gasteiger partial charge in [-0.25, -0.2) is 0 Å². The van der Waals surface area contributed by atoms with Crippen molar-refractivity contribution in [3.8, 4) is 0 Å². The second-order valence-corrected chi connectivity index (χ2v) is 4.85. The molecule has 2 N–H and O–H groups in total. The number of nitrogens with zero attached hydrogens (tertiary/aromatic N) is 1. The van der Waals surface area contributed by atoms with Crippen molar-refractivity contribution >= 4 is 23.4 Å². The van der Waals surface area contributed by atoms with Crippen LogP contribution in [0.2, 0.25) is 5.02 Å². The molecule has 2 amide bonds. The van der Waals surface area contributed by atoms with Gasteiger partial charge in [0, 0.05) is 36.8 Å². The summed E-state index contributed by atoms with van der Waals surface area (Å²) < 4.78 is 0. The topological polar surface area (TPSA) is 61.4 Å². The molecule has 102 valence electrons. The summed E-state index contributed by atoms with van der Waals surface area (Å²) in [6.45, 7) is 3.64. The molecule has 1 aliphatic heterocycles. The van der Waals surface area contributed by atoms with E-state index in [2.05, 4.69) is 10.6 Å². The highest BCUT2D eigenvalue weighted by atomic mass is 35.5. The van der Waals surface area contributed by atoms with E-state index < -0.39 is 5.91 Å². The maximum atomic E-state index is 11.8. The lowest BCUT2D eigenvalue weighted by Crippen LogP contribution is -2.48. The van der Waals surface area contributed by atoms with Crippen LogP contribution in [-0.4, -0.2) is 49.4 Å². The van der Waals surface area contributed by atoms with Crippen LogP contribution in [0.5, 0.6) is 0 Å². The van der Waals surface area contributed by atoms with E-state index in [1.165, 1.54) is 0 Å². The molecule has 0 unspecified atom stereocenters. The van der Waals surface area contributed by atoms with Crippen molar-refractivity contribution in [1.29, 1.82) is 0 Å². The molecule has 0 saturated carbocycles. The summed E-state index contributed by atoms with van der Waals surface area (Å²) >= 11 is 5.74. The largest absolute Gasteiger partial charge is 0.314 e. The predicted octanol–water partition coefficient (Wildman–Crippen LogP) is 0.502. The SMILES string of the molecule is O=C(CN1CCNCC1)NC(=O)c1ccc(Cl)cc1. The number of imide groups is 1. The first-order valence-electron chi connectivity index (χ1n) is 6.18. The Morgan fingerprint density at radius 1 is 1.21 bits per heavy atom. The molecule has 5 nitrogen and oxygen atoms in total. The number of carbonyl (C=O) groups is 2. The second kappa shape index (κ2) is 6.65. The van der Waals surface area contributed by atoms with Crippen LogP contribution < -0.4 is 10.6 Å². The number of nitrogens with one attached hydrogen (secondary N) is 2. The van der Waals surface area contributed by atoms with E-state index in [9.17, 15) is 9.59 Å². The lowest BCUT2D eigenvalue weighted by atomic mass is 10.2. The maximum Gasteiger partial charge on any atom is 0.257 e. The van der Waals surface area contributed by atoms with E-state index in [4.69, 9.17) is 11.6 Å². The summed E-state index contributed by atoms with van der Waals surface area (Å²) in [5, 5.41) is 6.15. The quantitative estimate of drug-likeness (QED) is 0.847. The molecular weight excluding hydrogens is 266 g/mol. The Balaban J connectivity index is 1.84. The number of halogens is 1. The minimum atomic E-state index is -0.392. The molecule has 19 heavy (non-hydrogen) atoms. The van der Waals surface area contributed by atoms with Gasteiger partial charge in [0.25, 0.3) is 5.91 Å². The Bertz CT molecular complexity index is 455. The van der Waals surface area contributed by atoms with Crippen LogP contribution in [0.25, 0.3) is 0 Å². The number of benzene rings is 1. The first-order chi connectivity index (χ1) is 9.15. The first-order valence-corrected chi connectivity index (χ1v) is 6.56. The standard InChI is InChI=1S/C13H16ClN3O2/c14-11-3-1-10(2-4-11)13(19)16-12(18)9-17-7-5-15-6-8-17/h1-4,15H,5-9H2,(H,16,18,19). The zero-order chi connectivity index (χ0) is 13.7. The fourth-order valence-corrected chi connectivity index (χ4v) is 2.04. The number of piperazine rings is 1. The molecule has 0 aromatic heterocycles. The average Bonchev–Trinajstić information content (AvgIpc) is 2.40. The molecule has 1 saturated heterocycles. The third kappa shape index (κ3) is 4.31. The van der Waals surface area contributed by atoms with Crippen LogP contribution >= 0.6 is 11.6 Å². The number of hydrogen-bond donors (Lipinski definition) is 2. The Morgan fingerprint density at radius 2 is 1.84 bits per heavy atom. The molecule has 1 heterocycles. The van der Waals surface area contributed by atoms with Crippen molar-refractivity contribution in [2.75, 3.05) is 32.7 Å². The van der Waals surface area contributed by atoms with Gasteiger partial charge in [-0.15, -0.1) is 0 Å². The van der Waals surface area contributed by atoms with Crippen molar-refractivity contribution in [2.45, 2.75) is 0 Å². The molecule has 0 atom stereocenters. The van der Waals surface area contributed by atoms with Crippen molar-refractivity contribution in [1.82, 2.24) is 15.5 Å². The Morgan fingerprint density at radius 3 is 2.47 bits per heavy atom. The lowest BCUT2D eigenvalue weighted by molar-refractivity contribution is -0.121. The summed E-state index contributed by atoms with van der Waals surface area (Å²) in [4.78, 5) is 25.6. The summed E-state index contributed by atoms with van der Waals surface area (Å²) in [7, 11) is 0. The van der Waals surface area contributed by atoms with Crippen LogP contribution in [0.1, 0.15) is 10.4 Å². The Kier molecular flexibility index (Phi) is 4.90. The summed E-state index contributed by atoms with van der Waals surface area (Å²) in [5.74, 6) is -0.668. The third-order valence-electron chi connectivity index (χ3n) is 2.94. The lowest BCUT2D eigenvalue weighted by Gasteiger charge is -2.26. The highest BCUT2D eigenvalue weighted by Crippen LogP contribution is 2.09. The van der Waals surface area contributed by atoms with Gasteiger partial charge in [0.2, 0.25) is 5.91 Å². The molecule has 1 aromatic rings. The molecule has 1 fully saturated rings. The van der Waals surface area contributed by atoms with Gasteiger partial charge in [-0.3, -0.25) is 19.8 Å². The van der Waals surface area contributed by atoms with Crippen LogP contribution in [0.15, 0.2) is 24.3 Å². The smallest absolute Gasteiger partial charge is 0.257 e. The molecular formula is C13H16ClN3O2. The van der Waals surface area contributed by atoms with E-state index in [0.29, 0.717) is 10.6 Å². The predicted molar refractivity (Wildman–Crippen MR) is 73.2 cm³/mol. The Labute approximate surface area is 116 Å². The molecule has 1 aliphatic rings. The second-order valence-electron chi connectivity index (χ2n) is 4.41. The monoisotopic (exact) mass is 281 g/mol. The van der Waals surface area contributed by atoms with Gasteiger partial charge < -0.3 is 5.32 Å². The van der Waals surface area contributed by atoms with E-state index in [1.807, 2.05) is 4.90 Å². The molecule has 0 aliphatic carbocycles. The van der Waals surface area contributed by atoms with Gasteiger partial charge in [0.15, 0.2) is 0 Å². The number of amides is 2. The molecule has 0 spiro atoms. The fraction of sp³-hybridized carbons (Fsp3) is 0.385. The zero-order valence-corrected chi connectivity index (χ0v) is 11.2. The fourth-order valence-electron chi connectivity index (χ4n) is 1.91. The van der Waals surface area contributed by atoms with Crippen molar-refractivity contribution in [2.24, 2.45) is 0 Å². The van der Waals surface area contributed by atoms with Crippen LogP contribution in [0.3, 0.4) is 0 Å². The Hall–Kier alpha value is -1.43. The van der Waals surface area contributed by atoms with Crippen molar-refractivity contribution < 1.29 is 9.59 Å². The summed E-state index contributed by atoms with van der Waals surface area (Å²) in [6.07, 6.45) is 0. The average molecular weight is 282 g/mol. The zero-order valence-electron chi connectivity index (χ0n) is 10.5. The van der Waals surface area contributed by atoms with E-state index in [1.54, 1.807) is 24.3 Å². The van der Waals surface area contributed by atoms with Gasteiger partial charge in [-0.2, -0.15) is 0 Å². The minimum Gasteiger partial charge on any atom is -0.314 e. The van der Waals surface area contributed by atoms with Gasteiger partial charge in [-0.05, 0) is 24.3 Å². The van der Waals surface area contributed by atoms with Gasteiger partial charge in [0.05, 0.1) is 6.54 Å². The molecule has 1 aromatic carbocycles. The van der Waals surface area contributed by atoms with E-state index in [-0.39, 0.29) is 12.5 Å². The summed E-state index contributed by atoms with van der Waals surface area (Å²) in [6, 6.07) is 6.43. The summed E-state index contributed by atoms with van der Waals surface area (Å²) in [5.41, 5.74) is 0.429. The van der Waals surface area contributed by atoms with Crippen molar-refractivity contribution in [3.63, 3.8) is 0 Å². The van der Waals surface area contributed by atoms with Crippen LogP contribution in [0.4, 0.5) is 0 Å². The first kappa shape index (κ1) is 14.0. The van der Waals surface area contributed by atoms with Gasteiger partial charge in [-0.1, -0.05) is 11.6 Å². The van der Waals surface area contributed by atoms with Crippen LogP contribution in [-0.2, 0) is 4.79 Å². The van der Waals surface area contributed by atoms with Crippen molar-refractivity contribution in [3.05, 3.63) is 34.9 Å². The maximum absolute atomic E-state index is 11.8. The minimum absolute atomic E-state index is 0.251. The molecule has 6 heteroatoms. The van der Waals surface area contributed by atoms with Gasteiger partial charge >= 0.3 is 0 Å². The van der Waals surface area contributed by atoms with Crippen LogP contribution in [0, 0.1) is 0 Å². The third-order valence-corrected chi connectivity index (χ3v) is 3.19. The normalized spacial score (nSPS) is 16.1. The number of carbonyl (C=O) groups excluding carboxylic acids is 2. The number of rotatable bonds is 3.